The second-order valence-corrected chi connectivity index (χ2v) is 3.75. The number of aromatic hydroxyl groups is 1. The minimum absolute atomic E-state index is 0.0807. The van der Waals surface area contributed by atoms with Gasteiger partial charge < -0.3 is 9.63 Å². The van der Waals surface area contributed by atoms with Crippen molar-refractivity contribution in [2.24, 2.45) is 0 Å². The summed E-state index contributed by atoms with van der Waals surface area (Å²) in [6, 6.07) is 1.53. The van der Waals surface area contributed by atoms with E-state index in [1.54, 1.807) is 18.0 Å². The van der Waals surface area contributed by atoms with Crippen molar-refractivity contribution in [2.45, 2.75) is 5.75 Å². The predicted octanol–water partition coefficient (Wildman–Crippen LogP) is 1.70. The van der Waals surface area contributed by atoms with Crippen molar-refractivity contribution in [2.75, 3.05) is 6.26 Å². The van der Waals surface area contributed by atoms with Crippen molar-refractivity contribution in [3.63, 3.8) is 0 Å². The number of hydrogen-bond acceptors (Lipinski definition) is 6. The molecule has 0 unspecified atom stereocenters. The number of pyridine rings is 1. The molecule has 2 rings (SSSR count). The first-order valence-electron chi connectivity index (χ1n) is 4.25. The fourth-order valence-corrected chi connectivity index (χ4v) is 1.48. The third-order valence-electron chi connectivity index (χ3n) is 1.71. The van der Waals surface area contributed by atoms with Gasteiger partial charge in [0.1, 0.15) is 5.75 Å². The van der Waals surface area contributed by atoms with Gasteiger partial charge in [0, 0.05) is 6.20 Å². The van der Waals surface area contributed by atoms with Crippen molar-refractivity contribution in [1.82, 2.24) is 15.1 Å². The summed E-state index contributed by atoms with van der Waals surface area (Å²) in [6.07, 6.45) is 4.88. The summed E-state index contributed by atoms with van der Waals surface area (Å²) in [5.41, 5.74) is 0.620. The molecule has 2 heterocycles. The lowest BCUT2D eigenvalue weighted by Crippen LogP contribution is -1.83. The highest BCUT2D eigenvalue weighted by atomic mass is 32.2. The van der Waals surface area contributed by atoms with Crippen molar-refractivity contribution >= 4 is 11.8 Å². The average Bonchev–Trinajstić information content (AvgIpc) is 2.67. The van der Waals surface area contributed by atoms with Crippen molar-refractivity contribution < 1.29 is 9.63 Å². The molecule has 0 aromatic carbocycles. The van der Waals surface area contributed by atoms with Crippen LogP contribution in [0, 0.1) is 0 Å². The van der Waals surface area contributed by atoms with Crippen molar-refractivity contribution in [3.8, 4) is 17.2 Å². The summed E-state index contributed by atoms with van der Waals surface area (Å²) in [5.74, 6) is 1.80. The summed E-state index contributed by atoms with van der Waals surface area (Å²) in [7, 11) is 0. The van der Waals surface area contributed by atoms with Crippen molar-refractivity contribution in [3.05, 3.63) is 24.3 Å². The first-order valence-corrected chi connectivity index (χ1v) is 5.65. The van der Waals surface area contributed by atoms with Gasteiger partial charge in [0.2, 0.25) is 0 Å². The third-order valence-corrected chi connectivity index (χ3v) is 2.26. The zero-order valence-electron chi connectivity index (χ0n) is 8.04. The third kappa shape index (κ3) is 2.27. The molecule has 0 aliphatic heterocycles. The Balaban J connectivity index is 2.29. The highest BCUT2D eigenvalue weighted by Crippen LogP contribution is 2.20. The molecule has 0 fully saturated rings. The quantitative estimate of drug-likeness (QED) is 0.853. The summed E-state index contributed by atoms with van der Waals surface area (Å²) in [4.78, 5) is 7.99. The van der Waals surface area contributed by atoms with E-state index in [-0.39, 0.29) is 5.75 Å². The van der Waals surface area contributed by atoms with E-state index in [1.807, 2.05) is 6.26 Å². The van der Waals surface area contributed by atoms with Gasteiger partial charge in [-0.3, -0.25) is 4.98 Å². The van der Waals surface area contributed by atoms with E-state index < -0.39 is 0 Å². The second kappa shape index (κ2) is 4.31. The monoisotopic (exact) mass is 223 g/mol. The smallest absolute Gasteiger partial charge is 0.259 e. The lowest BCUT2D eigenvalue weighted by Gasteiger charge is -1.93. The molecule has 0 atom stereocenters. The maximum absolute atomic E-state index is 9.23. The van der Waals surface area contributed by atoms with E-state index in [0.29, 0.717) is 23.0 Å². The fraction of sp³-hybridized carbons (Fsp3) is 0.222. The summed E-state index contributed by atoms with van der Waals surface area (Å²) in [5, 5.41) is 13.0. The van der Waals surface area contributed by atoms with Crippen LogP contribution >= 0.6 is 11.8 Å². The first kappa shape index (κ1) is 9.97. The lowest BCUT2D eigenvalue weighted by molar-refractivity contribution is 0.424. The van der Waals surface area contributed by atoms with E-state index in [0.717, 1.165) is 0 Å². The molecule has 0 spiro atoms. The maximum Gasteiger partial charge on any atom is 0.259 e. The fourth-order valence-electron chi connectivity index (χ4n) is 1.10. The van der Waals surface area contributed by atoms with Crippen LogP contribution in [-0.4, -0.2) is 26.5 Å². The highest BCUT2D eigenvalue weighted by Gasteiger charge is 2.08. The van der Waals surface area contributed by atoms with Crippen LogP contribution in [0.25, 0.3) is 11.5 Å². The number of rotatable bonds is 3. The Hall–Kier alpha value is -1.56. The maximum atomic E-state index is 9.23. The highest BCUT2D eigenvalue weighted by molar-refractivity contribution is 7.97. The molecule has 0 amide bonds. The molecule has 0 saturated carbocycles. The molecule has 0 bridgehead atoms. The zero-order chi connectivity index (χ0) is 10.7. The molecule has 0 saturated heterocycles. The molecule has 78 valence electrons. The Morgan fingerprint density at radius 2 is 2.33 bits per heavy atom. The summed E-state index contributed by atoms with van der Waals surface area (Å²) < 4.78 is 5.03. The first-order chi connectivity index (χ1) is 7.29. The Labute approximate surface area is 90.5 Å². The van der Waals surface area contributed by atoms with Gasteiger partial charge >= 0.3 is 0 Å². The Bertz CT molecular complexity index is 458. The number of aromatic nitrogens is 3. The molecular formula is C9H9N3O2S. The SMILES string of the molecule is CSCc1noc(-c2cncc(O)c2)n1. The van der Waals surface area contributed by atoms with Crippen LogP contribution in [0.5, 0.6) is 5.75 Å². The Kier molecular flexibility index (Phi) is 2.86. The number of nitrogens with zero attached hydrogens (tertiary/aromatic N) is 3. The van der Waals surface area contributed by atoms with E-state index >= 15 is 0 Å². The van der Waals surface area contributed by atoms with Crippen LogP contribution in [0.4, 0.5) is 0 Å². The van der Waals surface area contributed by atoms with Gasteiger partial charge in [0.25, 0.3) is 5.89 Å². The molecule has 15 heavy (non-hydrogen) atoms. The standard InChI is InChI=1S/C9H9N3O2S/c1-15-5-8-11-9(14-12-8)6-2-7(13)4-10-3-6/h2-4,13H,5H2,1H3. The predicted molar refractivity (Wildman–Crippen MR) is 56.4 cm³/mol. The van der Waals surface area contributed by atoms with Crippen LogP contribution in [0.3, 0.4) is 0 Å². The van der Waals surface area contributed by atoms with Crippen molar-refractivity contribution in [1.29, 1.82) is 0 Å². The topological polar surface area (TPSA) is 72.0 Å². The molecular weight excluding hydrogens is 214 g/mol. The van der Waals surface area contributed by atoms with E-state index in [1.165, 1.54) is 12.3 Å². The van der Waals surface area contributed by atoms with Crippen LogP contribution in [0.15, 0.2) is 23.0 Å². The molecule has 1 N–H and O–H groups in total. The van der Waals surface area contributed by atoms with Crippen LogP contribution in [0.1, 0.15) is 5.82 Å². The zero-order valence-corrected chi connectivity index (χ0v) is 8.86. The molecule has 2 aromatic heterocycles. The van der Waals surface area contributed by atoms with Gasteiger partial charge in [-0.05, 0) is 12.3 Å². The largest absolute Gasteiger partial charge is 0.506 e. The van der Waals surface area contributed by atoms with Gasteiger partial charge in [0.05, 0.1) is 17.5 Å². The number of thioether (sulfide) groups is 1. The lowest BCUT2D eigenvalue weighted by atomic mass is 10.3. The van der Waals surface area contributed by atoms with Gasteiger partial charge in [-0.15, -0.1) is 0 Å². The normalized spacial score (nSPS) is 10.5. The Morgan fingerprint density at radius 1 is 1.47 bits per heavy atom. The van der Waals surface area contributed by atoms with E-state index in [9.17, 15) is 5.11 Å². The summed E-state index contributed by atoms with van der Waals surface area (Å²) >= 11 is 1.62. The molecule has 0 radical (unpaired) electrons. The minimum atomic E-state index is 0.0807. The van der Waals surface area contributed by atoms with Gasteiger partial charge in [-0.1, -0.05) is 5.16 Å². The van der Waals surface area contributed by atoms with Crippen LogP contribution < -0.4 is 0 Å². The minimum Gasteiger partial charge on any atom is -0.506 e. The van der Waals surface area contributed by atoms with Gasteiger partial charge in [0.15, 0.2) is 5.82 Å². The Morgan fingerprint density at radius 3 is 3.07 bits per heavy atom. The van der Waals surface area contributed by atoms with Gasteiger partial charge in [-0.25, -0.2) is 0 Å². The molecule has 5 nitrogen and oxygen atoms in total. The summed E-state index contributed by atoms with van der Waals surface area (Å²) in [6.45, 7) is 0. The van der Waals surface area contributed by atoms with E-state index in [4.69, 9.17) is 4.52 Å². The average molecular weight is 223 g/mol. The van der Waals surface area contributed by atoms with E-state index in [2.05, 4.69) is 15.1 Å². The molecule has 0 aliphatic rings. The molecule has 6 heteroatoms. The van der Waals surface area contributed by atoms with Crippen LogP contribution in [0.2, 0.25) is 0 Å². The second-order valence-electron chi connectivity index (χ2n) is 2.88. The molecule has 2 aromatic rings. The number of hydrogen-bond donors (Lipinski definition) is 1. The van der Waals surface area contributed by atoms with Gasteiger partial charge in [-0.2, -0.15) is 16.7 Å². The molecule has 0 aliphatic carbocycles. The van der Waals surface area contributed by atoms with Crippen LogP contribution in [-0.2, 0) is 5.75 Å².